The lowest BCUT2D eigenvalue weighted by Gasteiger charge is -2.45. The van der Waals surface area contributed by atoms with Crippen molar-refractivity contribution in [3.63, 3.8) is 0 Å². The first kappa shape index (κ1) is 22.6. The summed E-state index contributed by atoms with van der Waals surface area (Å²) in [7, 11) is 0. The van der Waals surface area contributed by atoms with Gasteiger partial charge in [0.25, 0.3) is 0 Å². The molecule has 0 aromatic rings. The van der Waals surface area contributed by atoms with Gasteiger partial charge in [-0.25, -0.2) is 0 Å². The highest BCUT2D eigenvalue weighted by Gasteiger charge is 2.50. The van der Waals surface area contributed by atoms with Crippen molar-refractivity contribution >= 4 is 29.6 Å². The van der Waals surface area contributed by atoms with Gasteiger partial charge in [0.05, 0.1) is 12.1 Å². The van der Waals surface area contributed by atoms with E-state index >= 15 is 0 Å². The molecule has 0 spiro atoms. The molecule has 1 rings (SSSR count). The van der Waals surface area contributed by atoms with Crippen LogP contribution in [0.25, 0.3) is 0 Å². The zero-order valence-corrected chi connectivity index (χ0v) is 16.0. The van der Waals surface area contributed by atoms with Crippen LogP contribution >= 0.6 is 0 Å². The number of rotatable bonds is 7. The number of hydrogen-bond acceptors (Lipinski definition) is 9. The Labute approximate surface area is 156 Å². The molecule has 0 saturated carbocycles. The average Bonchev–Trinajstić information content (AvgIpc) is 2.49. The van der Waals surface area contributed by atoms with Crippen LogP contribution in [0.5, 0.6) is 0 Å². The Morgan fingerprint density at radius 2 is 1.37 bits per heavy atom. The Balaban J connectivity index is 3.29. The predicted molar refractivity (Wildman–Crippen MR) is 89.3 cm³/mol. The molecule has 0 unspecified atom stereocenters. The lowest BCUT2D eigenvalue weighted by Crippen LogP contribution is -2.66. The van der Waals surface area contributed by atoms with Gasteiger partial charge in [-0.15, -0.1) is 0 Å². The minimum atomic E-state index is -1.15. The largest absolute Gasteiger partial charge is 0.463 e. The Bertz CT molecular complexity index is 603. The monoisotopic (exact) mass is 387 g/mol. The molecule has 0 aromatic carbocycles. The highest BCUT2D eigenvalue weighted by molar-refractivity contribution is 5.77. The molecule has 27 heavy (non-hydrogen) atoms. The SMILES string of the molecule is CC(=O)C[C@@H]1O[C@H](COC(C)=O)[C@@H](OC(C)=O)[C@H](OC(C)=O)[C@H]1NC(C)=O. The molecule has 0 radical (unpaired) electrons. The summed E-state index contributed by atoms with van der Waals surface area (Å²) in [6.07, 6.45) is -4.23. The third-order valence-electron chi connectivity index (χ3n) is 3.71. The Morgan fingerprint density at radius 3 is 1.81 bits per heavy atom. The topological polar surface area (TPSA) is 134 Å². The van der Waals surface area contributed by atoms with Crippen molar-refractivity contribution in [2.24, 2.45) is 0 Å². The van der Waals surface area contributed by atoms with Crippen molar-refractivity contribution in [3.05, 3.63) is 0 Å². The van der Waals surface area contributed by atoms with E-state index in [1.165, 1.54) is 20.8 Å². The van der Waals surface area contributed by atoms with Gasteiger partial charge in [-0.2, -0.15) is 0 Å². The van der Waals surface area contributed by atoms with Crippen LogP contribution in [0.1, 0.15) is 41.0 Å². The third kappa shape index (κ3) is 7.33. The minimum absolute atomic E-state index is 0.0912. The van der Waals surface area contributed by atoms with Crippen LogP contribution in [0.4, 0.5) is 0 Å². The summed E-state index contributed by atoms with van der Waals surface area (Å²) in [6, 6.07) is -0.937. The number of esters is 3. The summed E-state index contributed by atoms with van der Waals surface area (Å²) in [5.41, 5.74) is 0. The summed E-state index contributed by atoms with van der Waals surface area (Å²) in [5, 5.41) is 2.59. The van der Waals surface area contributed by atoms with E-state index in [1.807, 2.05) is 0 Å². The maximum absolute atomic E-state index is 11.6. The molecular formula is C17H25NO9. The second-order valence-corrected chi connectivity index (χ2v) is 6.30. The third-order valence-corrected chi connectivity index (χ3v) is 3.71. The van der Waals surface area contributed by atoms with Gasteiger partial charge in [-0.05, 0) is 6.92 Å². The predicted octanol–water partition coefficient (Wildman–Crippen LogP) is -0.336. The molecule has 152 valence electrons. The van der Waals surface area contributed by atoms with Gasteiger partial charge in [-0.3, -0.25) is 24.0 Å². The van der Waals surface area contributed by atoms with Gasteiger partial charge in [0.2, 0.25) is 5.91 Å². The molecule has 1 heterocycles. The van der Waals surface area contributed by atoms with E-state index in [2.05, 4.69) is 5.32 Å². The zero-order valence-electron chi connectivity index (χ0n) is 16.0. The van der Waals surface area contributed by atoms with Gasteiger partial charge < -0.3 is 24.3 Å². The van der Waals surface area contributed by atoms with Crippen molar-refractivity contribution in [1.82, 2.24) is 5.32 Å². The first-order chi connectivity index (χ1) is 12.5. The quantitative estimate of drug-likeness (QED) is 0.460. The first-order valence-corrected chi connectivity index (χ1v) is 8.41. The number of ketones is 1. The highest BCUT2D eigenvalue weighted by atomic mass is 16.6. The van der Waals surface area contributed by atoms with E-state index in [0.717, 1.165) is 13.8 Å². The summed E-state index contributed by atoms with van der Waals surface area (Å²) in [5.74, 6) is -2.62. The van der Waals surface area contributed by atoms with Crippen molar-refractivity contribution in [2.75, 3.05) is 6.61 Å². The Hall–Kier alpha value is -2.49. The van der Waals surface area contributed by atoms with E-state index < -0.39 is 54.3 Å². The number of Topliss-reactive ketones (excluding diaryl/α,β-unsaturated/α-hetero) is 1. The molecule has 0 bridgehead atoms. The summed E-state index contributed by atoms with van der Waals surface area (Å²) in [6.45, 7) is 5.82. The van der Waals surface area contributed by atoms with E-state index in [9.17, 15) is 24.0 Å². The highest BCUT2D eigenvalue weighted by Crippen LogP contribution is 2.28. The minimum Gasteiger partial charge on any atom is -0.463 e. The molecule has 5 atom stereocenters. The van der Waals surface area contributed by atoms with Crippen molar-refractivity contribution < 1.29 is 42.9 Å². The van der Waals surface area contributed by atoms with Crippen molar-refractivity contribution in [2.45, 2.75) is 71.5 Å². The number of hydrogen-bond donors (Lipinski definition) is 1. The molecule has 1 aliphatic heterocycles. The molecule has 1 N–H and O–H groups in total. The number of nitrogens with one attached hydrogen (secondary N) is 1. The normalized spacial score (nSPS) is 27.2. The van der Waals surface area contributed by atoms with Gasteiger partial charge in [0.1, 0.15) is 18.5 Å². The molecule has 1 fully saturated rings. The number of carbonyl (C=O) groups excluding carboxylic acids is 5. The number of carbonyl (C=O) groups is 5. The van der Waals surface area contributed by atoms with E-state index in [0.29, 0.717) is 0 Å². The molecule has 0 aliphatic carbocycles. The Kier molecular flexibility index (Phi) is 8.35. The van der Waals surface area contributed by atoms with Crippen molar-refractivity contribution in [3.8, 4) is 0 Å². The van der Waals surface area contributed by atoms with Gasteiger partial charge in [-0.1, -0.05) is 0 Å². The molecular weight excluding hydrogens is 362 g/mol. The summed E-state index contributed by atoms with van der Waals surface area (Å²) >= 11 is 0. The average molecular weight is 387 g/mol. The molecule has 1 saturated heterocycles. The van der Waals surface area contributed by atoms with Crippen LogP contribution < -0.4 is 5.32 Å². The van der Waals surface area contributed by atoms with Gasteiger partial charge in [0, 0.05) is 34.1 Å². The lowest BCUT2D eigenvalue weighted by atomic mass is 9.89. The van der Waals surface area contributed by atoms with Crippen LogP contribution in [-0.4, -0.2) is 66.7 Å². The number of ether oxygens (including phenoxy) is 4. The van der Waals surface area contributed by atoms with Crippen LogP contribution in [0, 0.1) is 0 Å². The van der Waals surface area contributed by atoms with Crippen LogP contribution in [0.2, 0.25) is 0 Å². The van der Waals surface area contributed by atoms with Crippen LogP contribution in [0.3, 0.4) is 0 Å². The fourth-order valence-electron chi connectivity index (χ4n) is 2.88. The van der Waals surface area contributed by atoms with Crippen LogP contribution in [0.15, 0.2) is 0 Å². The van der Waals surface area contributed by atoms with Crippen LogP contribution in [-0.2, 0) is 42.9 Å². The molecule has 1 amide bonds. The fraction of sp³-hybridized carbons (Fsp3) is 0.706. The fourth-order valence-corrected chi connectivity index (χ4v) is 2.88. The number of amides is 1. The molecule has 0 aromatic heterocycles. The van der Waals surface area contributed by atoms with E-state index in [-0.39, 0.29) is 18.8 Å². The second kappa shape index (κ2) is 10.0. The first-order valence-electron chi connectivity index (χ1n) is 8.41. The standard InChI is InChI=1S/C17H25NO9/c1-8(19)6-13-15(18-9(2)20)17(26-12(5)23)16(25-11(4)22)14(27-13)7-24-10(3)21/h13-17H,6-7H2,1-5H3,(H,18,20)/t13-,14+,15-,16+,17+/m0/s1. The molecule has 10 nitrogen and oxygen atoms in total. The summed E-state index contributed by atoms with van der Waals surface area (Å²) in [4.78, 5) is 57.6. The Morgan fingerprint density at radius 1 is 0.815 bits per heavy atom. The van der Waals surface area contributed by atoms with Gasteiger partial charge >= 0.3 is 17.9 Å². The molecule has 10 heteroatoms. The van der Waals surface area contributed by atoms with Gasteiger partial charge in [0.15, 0.2) is 12.2 Å². The van der Waals surface area contributed by atoms with E-state index in [4.69, 9.17) is 18.9 Å². The molecule has 1 aliphatic rings. The zero-order chi connectivity index (χ0) is 20.7. The smallest absolute Gasteiger partial charge is 0.303 e. The van der Waals surface area contributed by atoms with E-state index in [1.54, 1.807) is 0 Å². The maximum atomic E-state index is 11.6. The maximum Gasteiger partial charge on any atom is 0.303 e. The lowest BCUT2D eigenvalue weighted by molar-refractivity contribution is -0.224. The second-order valence-electron chi connectivity index (χ2n) is 6.30. The van der Waals surface area contributed by atoms with Crippen molar-refractivity contribution in [1.29, 1.82) is 0 Å². The summed E-state index contributed by atoms with van der Waals surface area (Å²) < 4.78 is 21.3.